The van der Waals surface area contributed by atoms with Crippen molar-refractivity contribution in [2.45, 2.75) is 43.7 Å². The standard InChI is InChI=1S/C13H18ClFN2O2S/c1-8(4-9-2-3-9)17-20(18,19)12-6-11(14)5-10(7-16)13(12)15/h5-6,8-9,17H,2-4,7,16H2,1H3. The van der Waals surface area contributed by atoms with Crippen LogP contribution in [-0.2, 0) is 16.6 Å². The molecule has 2 rings (SSSR count). The highest BCUT2D eigenvalue weighted by atomic mass is 35.5. The Labute approximate surface area is 123 Å². The molecule has 112 valence electrons. The van der Waals surface area contributed by atoms with Crippen LogP contribution < -0.4 is 10.5 Å². The van der Waals surface area contributed by atoms with E-state index in [0.717, 1.165) is 25.3 Å². The number of sulfonamides is 1. The van der Waals surface area contributed by atoms with E-state index < -0.39 is 20.7 Å². The molecule has 1 aromatic rings. The van der Waals surface area contributed by atoms with Crippen LogP contribution in [0.25, 0.3) is 0 Å². The topological polar surface area (TPSA) is 72.2 Å². The largest absolute Gasteiger partial charge is 0.326 e. The molecule has 1 unspecified atom stereocenters. The number of rotatable bonds is 6. The first-order valence-electron chi connectivity index (χ1n) is 6.54. The highest BCUT2D eigenvalue weighted by Gasteiger charge is 2.28. The maximum atomic E-state index is 14.1. The second kappa shape index (κ2) is 5.97. The molecule has 0 radical (unpaired) electrons. The van der Waals surface area contributed by atoms with Gasteiger partial charge < -0.3 is 5.73 Å². The van der Waals surface area contributed by atoms with Crippen molar-refractivity contribution in [3.05, 3.63) is 28.5 Å². The van der Waals surface area contributed by atoms with Crippen molar-refractivity contribution in [3.8, 4) is 0 Å². The van der Waals surface area contributed by atoms with Crippen LogP contribution in [-0.4, -0.2) is 14.5 Å². The quantitative estimate of drug-likeness (QED) is 0.845. The van der Waals surface area contributed by atoms with E-state index in [9.17, 15) is 12.8 Å². The van der Waals surface area contributed by atoms with Crippen LogP contribution in [0, 0.1) is 11.7 Å². The smallest absolute Gasteiger partial charge is 0.243 e. The molecule has 0 amide bonds. The molecule has 0 aromatic heterocycles. The molecule has 1 fully saturated rings. The maximum absolute atomic E-state index is 14.1. The summed E-state index contributed by atoms with van der Waals surface area (Å²) in [6.45, 7) is 1.68. The van der Waals surface area contributed by atoms with Crippen molar-refractivity contribution in [2.24, 2.45) is 11.7 Å². The molecular weight excluding hydrogens is 303 g/mol. The maximum Gasteiger partial charge on any atom is 0.243 e. The van der Waals surface area contributed by atoms with Crippen LogP contribution in [0.5, 0.6) is 0 Å². The molecule has 1 saturated carbocycles. The molecule has 1 aliphatic rings. The van der Waals surface area contributed by atoms with Crippen molar-refractivity contribution in [1.29, 1.82) is 0 Å². The monoisotopic (exact) mass is 320 g/mol. The second-order valence-corrected chi connectivity index (χ2v) is 7.40. The summed E-state index contributed by atoms with van der Waals surface area (Å²) in [4.78, 5) is -0.437. The van der Waals surface area contributed by atoms with E-state index in [4.69, 9.17) is 17.3 Å². The molecule has 0 heterocycles. The fraction of sp³-hybridized carbons (Fsp3) is 0.538. The normalized spacial score (nSPS) is 17.2. The molecule has 20 heavy (non-hydrogen) atoms. The van der Waals surface area contributed by atoms with Crippen molar-refractivity contribution < 1.29 is 12.8 Å². The fourth-order valence-electron chi connectivity index (χ4n) is 2.19. The lowest BCUT2D eigenvalue weighted by Crippen LogP contribution is -2.33. The first-order valence-corrected chi connectivity index (χ1v) is 8.40. The second-order valence-electron chi connectivity index (χ2n) is 5.28. The van der Waals surface area contributed by atoms with Crippen LogP contribution in [0.1, 0.15) is 31.7 Å². The van der Waals surface area contributed by atoms with Gasteiger partial charge in [0.15, 0.2) is 0 Å². The molecular formula is C13H18ClFN2O2S. The Morgan fingerprint density at radius 1 is 1.50 bits per heavy atom. The molecule has 7 heteroatoms. The number of nitrogens with one attached hydrogen (secondary N) is 1. The van der Waals surface area contributed by atoms with Gasteiger partial charge in [0.05, 0.1) is 0 Å². The minimum atomic E-state index is -3.93. The number of hydrogen-bond acceptors (Lipinski definition) is 3. The highest BCUT2D eigenvalue weighted by Crippen LogP contribution is 2.33. The van der Waals surface area contributed by atoms with E-state index in [1.165, 1.54) is 6.07 Å². The van der Waals surface area contributed by atoms with E-state index in [0.29, 0.717) is 5.92 Å². The van der Waals surface area contributed by atoms with Crippen molar-refractivity contribution in [2.75, 3.05) is 0 Å². The first kappa shape index (κ1) is 15.7. The Hall–Kier alpha value is -0.690. The van der Waals surface area contributed by atoms with Gasteiger partial charge in [-0.25, -0.2) is 17.5 Å². The van der Waals surface area contributed by atoms with Crippen LogP contribution in [0.4, 0.5) is 4.39 Å². The van der Waals surface area contributed by atoms with Gasteiger partial charge >= 0.3 is 0 Å². The third kappa shape index (κ3) is 3.69. The Balaban J connectivity index is 2.25. The first-order chi connectivity index (χ1) is 9.33. The van der Waals surface area contributed by atoms with E-state index >= 15 is 0 Å². The SMILES string of the molecule is CC(CC1CC1)NS(=O)(=O)c1cc(Cl)cc(CN)c1F. The van der Waals surface area contributed by atoms with Gasteiger partial charge in [0.1, 0.15) is 10.7 Å². The molecule has 0 bridgehead atoms. The molecule has 1 aliphatic carbocycles. The average molecular weight is 321 g/mol. The summed E-state index contributed by atoms with van der Waals surface area (Å²) in [7, 11) is -3.93. The lowest BCUT2D eigenvalue weighted by atomic mass is 10.2. The Kier molecular flexibility index (Phi) is 4.69. The minimum Gasteiger partial charge on any atom is -0.326 e. The van der Waals surface area contributed by atoms with Crippen molar-refractivity contribution >= 4 is 21.6 Å². The summed E-state index contributed by atoms with van der Waals surface area (Å²) in [6.07, 6.45) is 3.04. The Bertz CT molecular complexity index is 603. The summed E-state index contributed by atoms with van der Waals surface area (Å²) in [6, 6.07) is 2.22. The summed E-state index contributed by atoms with van der Waals surface area (Å²) in [5.41, 5.74) is 5.48. The van der Waals surface area contributed by atoms with Gasteiger partial charge in [-0.05, 0) is 31.4 Å². The van der Waals surface area contributed by atoms with Crippen molar-refractivity contribution in [3.63, 3.8) is 0 Å². The van der Waals surface area contributed by atoms with E-state index in [-0.39, 0.29) is 23.2 Å². The van der Waals surface area contributed by atoms with Crippen LogP contribution in [0.2, 0.25) is 5.02 Å². The predicted molar refractivity (Wildman–Crippen MR) is 76.4 cm³/mol. The fourth-order valence-corrected chi connectivity index (χ4v) is 3.90. The highest BCUT2D eigenvalue weighted by molar-refractivity contribution is 7.89. The predicted octanol–water partition coefficient (Wildman–Crippen LogP) is 2.40. The van der Waals surface area contributed by atoms with Gasteiger partial charge in [0.2, 0.25) is 10.0 Å². The number of nitrogens with two attached hydrogens (primary N) is 1. The molecule has 0 aliphatic heterocycles. The molecule has 4 nitrogen and oxygen atoms in total. The Morgan fingerprint density at radius 2 is 2.15 bits per heavy atom. The van der Waals surface area contributed by atoms with Crippen LogP contribution in [0.15, 0.2) is 17.0 Å². The number of benzene rings is 1. The zero-order valence-corrected chi connectivity index (χ0v) is 12.8. The molecule has 0 saturated heterocycles. The summed E-state index contributed by atoms with van der Waals surface area (Å²) >= 11 is 5.82. The molecule has 0 spiro atoms. The van der Waals surface area contributed by atoms with E-state index in [1.54, 1.807) is 6.92 Å². The van der Waals surface area contributed by atoms with Crippen LogP contribution in [0.3, 0.4) is 0 Å². The van der Waals surface area contributed by atoms with Gasteiger partial charge in [-0.1, -0.05) is 24.4 Å². The summed E-state index contributed by atoms with van der Waals surface area (Å²) < 4.78 is 41.1. The van der Waals surface area contributed by atoms with Gasteiger partial charge in [-0.3, -0.25) is 0 Å². The number of halogens is 2. The Morgan fingerprint density at radius 3 is 2.70 bits per heavy atom. The summed E-state index contributed by atoms with van der Waals surface area (Å²) in [5.74, 6) is -0.250. The van der Waals surface area contributed by atoms with Crippen molar-refractivity contribution in [1.82, 2.24) is 4.72 Å². The van der Waals surface area contributed by atoms with Crippen LogP contribution >= 0.6 is 11.6 Å². The summed E-state index contributed by atoms with van der Waals surface area (Å²) in [5, 5.41) is 0.155. The number of hydrogen-bond donors (Lipinski definition) is 2. The molecule has 3 N–H and O–H groups in total. The average Bonchev–Trinajstić information content (AvgIpc) is 3.14. The van der Waals surface area contributed by atoms with Gasteiger partial charge in [-0.15, -0.1) is 0 Å². The third-order valence-electron chi connectivity index (χ3n) is 3.33. The molecule has 1 aromatic carbocycles. The third-order valence-corrected chi connectivity index (χ3v) is 5.14. The molecule has 1 atom stereocenters. The van der Waals surface area contributed by atoms with E-state index in [2.05, 4.69) is 4.72 Å². The lowest BCUT2D eigenvalue weighted by Gasteiger charge is -2.15. The van der Waals surface area contributed by atoms with E-state index in [1.807, 2.05) is 0 Å². The van der Waals surface area contributed by atoms with Gasteiger partial charge in [0.25, 0.3) is 0 Å². The lowest BCUT2D eigenvalue weighted by molar-refractivity contribution is 0.518. The zero-order chi connectivity index (χ0) is 14.9. The van der Waals surface area contributed by atoms with Gasteiger partial charge in [0, 0.05) is 23.2 Å². The minimum absolute atomic E-state index is 0.0905. The van der Waals surface area contributed by atoms with Gasteiger partial charge in [-0.2, -0.15) is 0 Å². The zero-order valence-electron chi connectivity index (χ0n) is 11.2.